The van der Waals surface area contributed by atoms with E-state index in [1.165, 1.54) is 18.5 Å². The van der Waals surface area contributed by atoms with Crippen molar-refractivity contribution in [3.05, 3.63) is 59.7 Å². The molecule has 0 saturated carbocycles. The second-order valence-electron chi connectivity index (χ2n) is 7.18. The first kappa shape index (κ1) is 18.8. The van der Waals surface area contributed by atoms with Gasteiger partial charge in [0.2, 0.25) is 0 Å². The van der Waals surface area contributed by atoms with Crippen LogP contribution in [0.5, 0.6) is 0 Å². The summed E-state index contributed by atoms with van der Waals surface area (Å²) >= 11 is 1.60. The summed E-state index contributed by atoms with van der Waals surface area (Å²) < 4.78 is 0. The number of anilines is 1. The van der Waals surface area contributed by atoms with Gasteiger partial charge in [-0.05, 0) is 61.8 Å². The van der Waals surface area contributed by atoms with Crippen LogP contribution in [0.25, 0.3) is 0 Å². The van der Waals surface area contributed by atoms with E-state index in [-0.39, 0.29) is 11.9 Å². The molecule has 0 aliphatic carbocycles. The molecule has 1 heterocycles. The van der Waals surface area contributed by atoms with Crippen LogP contribution in [0.4, 0.5) is 5.69 Å². The fraction of sp³-hybridized carbons (Fsp3) is 0.409. The van der Waals surface area contributed by atoms with Crippen molar-refractivity contribution in [3.63, 3.8) is 0 Å². The van der Waals surface area contributed by atoms with Crippen molar-refractivity contribution in [1.29, 1.82) is 0 Å². The largest absolute Gasteiger partial charge is 0.371 e. The quantitative estimate of drug-likeness (QED) is 0.742. The molecule has 2 aromatic rings. The van der Waals surface area contributed by atoms with Gasteiger partial charge in [0.25, 0.3) is 5.91 Å². The molecule has 0 unspecified atom stereocenters. The minimum atomic E-state index is -0.0215. The van der Waals surface area contributed by atoms with E-state index in [4.69, 9.17) is 0 Å². The van der Waals surface area contributed by atoms with Gasteiger partial charge < -0.3 is 10.2 Å². The Morgan fingerprint density at radius 2 is 1.92 bits per heavy atom. The molecule has 0 radical (unpaired) electrons. The van der Waals surface area contributed by atoms with E-state index >= 15 is 0 Å². The lowest BCUT2D eigenvalue weighted by Gasteiger charge is -2.33. The first-order valence-corrected chi connectivity index (χ1v) is 10.6. The van der Waals surface area contributed by atoms with Crippen molar-refractivity contribution in [2.24, 2.45) is 5.92 Å². The molecular weight excluding hydrogens is 340 g/mol. The number of thioether (sulfide) groups is 1. The number of carbonyl (C=O) groups is 1. The number of carbonyl (C=O) groups excluding carboxylic acids is 1. The Bertz CT molecular complexity index is 744. The van der Waals surface area contributed by atoms with Gasteiger partial charge in [-0.1, -0.05) is 31.2 Å². The van der Waals surface area contributed by atoms with Crippen LogP contribution in [0.1, 0.15) is 48.7 Å². The van der Waals surface area contributed by atoms with Gasteiger partial charge in [-0.15, -0.1) is 11.8 Å². The van der Waals surface area contributed by atoms with Gasteiger partial charge in [0.1, 0.15) is 0 Å². The number of nitrogens with zero attached hydrogens (tertiary/aromatic N) is 1. The number of nitrogens with one attached hydrogen (secondary N) is 1. The smallest absolute Gasteiger partial charge is 0.252 e. The summed E-state index contributed by atoms with van der Waals surface area (Å²) in [6.45, 7) is 6.64. The molecule has 3 nitrogen and oxygen atoms in total. The predicted molar refractivity (Wildman–Crippen MR) is 111 cm³/mol. The van der Waals surface area contributed by atoms with Gasteiger partial charge >= 0.3 is 0 Å². The summed E-state index contributed by atoms with van der Waals surface area (Å²) in [4.78, 5) is 16.1. The third-order valence-electron chi connectivity index (χ3n) is 5.11. The molecule has 1 N–H and O–H groups in total. The van der Waals surface area contributed by atoms with E-state index in [2.05, 4.69) is 41.4 Å². The maximum atomic E-state index is 12.6. The SMILES string of the molecule is CSc1ccccc1C(=O)N[C@H](C)c1ccc(N2CCC[C@H](C)C2)cc1. The highest BCUT2D eigenvalue weighted by molar-refractivity contribution is 7.98. The monoisotopic (exact) mass is 368 g/mol. The molecule has 1 fully saturated rings. The maximum Gasteiger partial charge on any atom is 0.252 e. The fourth-order valence-corrected chi connectivity index (χ4v) is 4.18. The van der Waals surface area contributed by atoms with Gasteiger partial charge in [0, 0.05) is 23.7 Å². The van der Waals surface area contributed by atoms with E-state index < -0.39 is 0 Å². The van der Waals surface area contributed by atoms with Crippen molar-refractivity contribution in [2.45, 2.75) is 37.6 Å². The predicted octanol–water partition coefficient (Wildman–Crippen LogP) is 5.14. The summed E-state index contributed by atoms with van der Waals surface area (Å²) in [5.74, 6) is 0.745. The molecule has 1 aliphatic rings. The number of piperidine rings is 1. The van der Waals surface area contributed by atoms with Crippen molar-refractivity contribution >= 4 is 23.4 Å². The van der Waals surface area contributed by atoms with E-state index in [1.807, 2.05) is 37.4 Å². The van der Waals surface area contributed by atoms with Crippen LogP contribution in [0, 0.1) is 5.92 Å². The molecular formula is C22H28N2OS. The van der Waals surface area contributed by atoms with E-state index in [1.54, 1.807) is 11.8 Å². The van der Waals surface area contributed by atoms with Crippen LogP contribution in [0.15, 0.2) is 53.4 Å². The maximum absolute atomic E-state index is 12.6. The molecule has 4 heteroatoms. The number of hydrogen-bond acceptors (Lipinski definition) is 3. The first-order chi connectivity index (χ1) is 12.6. The minimum Gasteiger partial charge on any atom is -0.371 e. The number of rotatable bonds is 5. The molecule has 0 spiro atoms. The van der Waals surface area contributed by atoms with Crippen molar-refractivity contribution in [3.8, 4) is 0 Å². The number of benzene rings is 2. The third-order valence-corrected chi connectivity index (χ3v) is 5.91. The summed E-state index contributed by atoms with van der Waals surface area (Å²) in [6, 6.07) is 16.4. The molecule has 0 bridgehead atoms. The molecule has 0 aromatic heterocycles. The van der Waals surface area contributed by atoms with Gasteiger partial charge in [-0.2, -0.15) is 0 Å². The van der Waals surface area contributed by atoms with Crippen LogP contribution < -0.4 is 10.2 Å². The molecule has 2 aromatic carbocycles. The summed E-state index contributed by atoms with van der Waals surface area (Å²) in [7, 11) is 0. The Labute approximate surface area is 161 Å². The van der Waals surface area contributed by atoms with Crippen molar-refractivity contribution in [2.75, 3.05) is 24.2 Å². The Morgan fingerprint density at radius 3 is 2.62 bits per heavy atom. The molecule has 1 aliphatic heterocycles. The fourth-order valence-electron chi connectivity index (χ4n) is 3.59. The molecule has 1 saturated heterocycles. The van der Waals surface area contributed by atoms with Crippen LogP contribution >= 0.6 is 11.8 Å². The van der Waals surface area contributed by atoms with Crippen molar-refractivity contribution < 1.29 is 4.79 Å². The summed E-state index contributed by atoms with van der Waals surface area (Å²) in [5.41, 5.74) is 3.16. The highest BCUT2D eigenvalue weighted by Crippen LogP contribution is 2.25. The minimum absolute atomic E-state index is 0.0172. The van der Waals surface area contributed by atoms with Crippen LogP contribution in [-0.4, -0.2) is 25.3 Å². The molecule has 3 rings (SSSR count). The Balaban J connectivity index is 1.66. The Hall–Kier alpha value is -1.94. The van der Waals surface area contributed by atoms with Gasteiger partial charge in [-0.3, -0.25) is 4.79 Å². The summed E-state index contributed by atoms with van der Waals surface area (Å²) in [5, 5.41) is 3.13. The lowest BCUT2D eigenvalue weighted by Crippen LogP contribution is -2.34. The highest BCUT2D eigenvalue weighted by atomic mass is 32.2. The Kier molecular flexibility index (Phi) is 6.25. The number of amides is 1. The lowest BCUT2D eigenvalue weighted by atomic mass is 9.99. The van der Waals surface area contributed by atoms with Crippen molar-refractivity contribution in [1.82, 2.24) is 5.32 Å². The molecule has 138 valence electrons. The molecule has 26 heavy (non-hydrogen) atoms. The standard InChI is InChI=1S/C22H28N2OS/c1-16-7-6-14-24(15-16)19-12-10-18(11-13-19)17(2)23-22(25)20-8-4-5-9-21(20)26-3/h4-5,8-13,16-17H,6-7,14-15H2,1-3H3,(H,23,25)/t16-,17+/m0/s1. The first-order valence-electron chi connectivity index (χ1n) is 9.37. The topological polar surface area (TPSA) is 32.3 Å². The van der Waals surface area contributed by atoms with Crippen LogP contribution in [0.3, 0.4) is 0 Å². The van der Waals surface area contributed by atoms with Crippen LogP contribution in [0.2, 0.25) is 0 Å². The lowest BCUT2D eigenvalue weighted by molar-refractivity contribution is 0.0937. The summed E-state index contributed by atoms with van der Waals surface area (Å²) in [6.07, 6.45) is 4.59. The van der Waals surface area contributed by atoms with E-state index in [0.717, 1.165) is 35.0 Å². The normalized spacial score (nSPS) is 18.4. The van der Waals surface area contributed by atoms with E-state index in [0.29, 0.717) is 0 Å². The zero-order valence-corrected chi connectivity index (χ0v) is 16.7. The number of hydrogen-bond donors (Lipinski definition) is 1. The second kappa shape index (κ2) is 8.63. The highest BCUT2D eigenvalue weighted by Gasteiger charge is 2.18. The molecule has 1 amide bonds. The van der Waals surface area contributed by atoms with Gasteiger partial charge in [0.05, 0.1) is 11.6 Å². The van der Waals surface area contributed by atoms with Gasteiger partial charge in [0.15, 0.2) is 0 Å². The average molecular weight is 369 g/mol. The molecule has 2 atom stereocenters. The van der Waals surface area contributed by atoms with E-state index in [9.17, 15) is 4.79 Å². The zero-order chi connectivity index (χ0) is 18.5. The Morgan fingerprint density at radius 1 is 1.19 bits per heavy atom. The third kappa shape index (κ3) is 4.42. The zero-order valence-electron chi connectivity index (χ0n) is 15.9. The van der Waals surface area contributed by atoms with Crippen LogP contribution in [-0.2, 0) is 0 Å². The van der Waals surface area contributed by atoms with Gasteiger partial charge in [-0.25, -0.2) is 0 Å². The second-order valence-corrected chi connectivity index (χ2v) is 8.03. The average Bonchev–Trinajstić information content (AvgIpc) is 2.68.